The monoisotopic (exact) mass is 482 g/mol. The Hall–Kier alpha value is -2.18. The van der Waals surface area contributed by atoms with Crippen molar-refractivity contribution < 1.29 is 45.9 Å². The molecule has 1 aliphatic heterocycles. The highest BCUT2D eigenvalue weighted by Crippen LogP contribution is 2.31. The molecule has 8 nitrogen and oxygen atoms in total. The first kappa shape index (κ1) is 27.9. The first-order valence-electron chi connectivity index (χ1n) is 9.97. The van der Waals surface area contributed by atoms with Crippen molar-refractivity contribution >= 4 is 22.0 Å². The quantitative estimate of drug-likeness (QED) is 0.404. The highest BCUT2D eigenvalue weighted by molar-refractivity contribution is 7.89. The Bertz CT molecular complexity index is 891. The fourth-order valence-electron chi connectivity index (χ4n) is 3.85. The molecule has 0 radical (unpaired) electrons. The topological polar surface area (TPSA) is 124 Å². The second-order valence-corrected chi connectivity index (χ2v) is 10.3. The molecule has 0 aliphatic carbocycles. The van der Waals surface area contributed by atoms with Crippen LogP contribution >= 0.6 is 0 Å². The van der Waals surface area contributed by atoms with Gasteiger partial charge < -0.3 is 19.5 Å². The number of benzene rings is 1. The normalized spacial score (nSPS) is 16.9. The van der Waals surface area contributed by atoms with E-state index in [2.05, 4.69) is 11.6 Å². The Kier molecular flexibility index (Phi) is 9.25. The number of aliphatic carboxylic acids is 2. The molecule has 1 fully saturated rings. The predicted molar refractivity (Wildman–Crippen MR) is 108 cm³/mol. The van der Waals surface area contributed by atoms with Gasteiger partial charge in [-0.15, -0.1) is 0 Å². The molecule has 0 amide bonds. The van der Waals surface area contributed by atoms with Crippen molar-refractivity contribution in [3.63, 3.8) is 0 Å². The van der Waals surface area contributed by atoms with Crippen molar-refractivity contribution in [3.05, 3.63) is 29.8 Å². The lowest BCUT2D eigenvalue weighted by Crippen LogP contribution is -2.76. The molecule has 0 saturated carbocycles. The molecular formula is C20H29F3N2O6S. The van der Waals surface area contributed by atoms with Gasteiger partial charge in [-0.1, -0.05) is 31.9 Å². The van der Waals surface area contributed by atoms with Crippen LogP contribution < -0.4 is 9.83 Å². The summed E-state index contributed by atoms with van der Waals surface area (Å²) < 4.78 is 60.2. The number of aryl methyl sites for hydroxylation is 1. The van der Waals surface area contributed by atoms with E-state index < -0.39 is 33.7 Å². The zero-order valence-electron chi connectivity index (χ0n) is 18.2. The molecule has 2 rings (SSSR count). The highest BCUT2D eigenvalue weighted by Gasteiger charge is 2.55. The number of hydrogen-bond acceptors (Lipinski definition) is 5. The van der Waals surface area contributed by atoms with E-state index in [4.69, 9.17) is 15.0 Å². The van der Waals surface area contributed by atoms with Crippen LogP contribution in [0.1, 0.15) is 38.2 Å². The number of hydrogen-bond donors (Lipinski definition) is 2. The first-order valence-corrected chi connectivity index (χ1v) is 11.5. The number of likely N-dealkylation sites (tertiary alicyclic amines) is 1. The average molecular weight is 483 g/mol. The smallest absolute Gasteiger partial charge is 0.430 e. The number of nitrogens with one attached hydrogen (secondary N) is 1. The van der Waals surface area contributed by atoms with Crippen LogP contribution in [-0.2, 0) is 26.0 Å². The van der Waals surface area contributed by atoms with Gasteiger partial charge in [0.25, 0.3) is 0 Å². The highest BCUT2D eigenvalue weighted by atomic mass is 32.2. The van der Waals surface area contributed by atoms with Gasteiger partial charge in [0.2, 0.25) is 10.0 Å². The summed E-state index contributed by atoms with van der Waals surface area (Å²) in [5.41, 5.74) is 0.211. The second-order valence-electron chi connectivity index (χ2n) is 8.59. The minimum Gasteiger partial charge on any atom is -0.542 e. The molecule has 182 valence electrons. The third-order valence-corrected chi connectivity index (χ3v) is 6.43. The van der Waals surface area contributed by atoms with Crippen molar-refractivity contribution in [3.8, 4) is 0 Å². The second kappa shape index (κ2) is 10.6. The van der Waals surface area contributed by atoms with Crippen LogP contribution in [0.5, 0.6) is 0 Å². The van der Waals surface area contributed by atoms with E-state index in [9.17, 15) is 26.4 Å². The van der Waals surface area contributed by atoms with Crippen LogP contribution in [0.4, 0.5) is 13.2 Å². The molecule has 1 aliphatic rings. The summed E-state index contributed by atoms with van der Waals surface area (Å²) in [5, 5.41) is 17.9. The third kappa shape index (κ3) is 8.75. The lowest BCUT2D eigenvalue weighted by Gasteiger charge is -2.52. The molecule has 0 spiro atoms. The average Bonchev–Trinajstić information content (AvgIpc) is 2.59. The fourth-order valence-corrected chi connectivity index (χ4v) is 5.24. The number of carboxylic acid groups (broad SMARTS) is 2. The summed E-state index contributed by atoms with van der Waals surface area (Å²) in [7, 11) is 0.176. The largest absolute Gasteiger partial charge is 0.542 e. The van der Waals surface area contributed by atoms with E-state index in [1.54, 1.807) is 12.1 Å². The summed E-state index contributed by atoms with van der Waals surface area (Å²) in [6, 6.07) is 6.90. The number of quaternary nitrogens is 1. The molecule has 32 heavy (non-hydrogen) atoms. The minimum absolute atomic E-state index is 0.189. The van der Waals surface area contributed by atoms with Gasteiger partial charge in [-0.25, -0.2) is 8.42 Å². The molecule has 1 saturated heterocycles. The number of halogens is 3. The molecular weight excluding hydrogens is 453 g/mol. The van der Waals surface area contributed by atoms with E-state index in [0.717, 1.165) is 31.2 Å². The number of carbonyl (C=O) groups is 2. The van der Waals surface area contributed by atoms with Gasteiger partial charge in [0.15, 0.2) is 0 Å². The van der Waals surface area contributed by atoms with E-state index >= 15 is 0 Å². The number of likely N-dealkylation sites (N-methyl/N-ethyl adjacent to an activating group) is 1. The van der Waals surface area contributed by atoms with Gasteiger partial charge >= 0.3 is 12.1 Å². The molecule has 1 aromatic rings. The molecule has 2 N–H and O–H groups in total. The maximum Gasteiger partial charge on any atom is 0.430 e. The van der Waals surface area contributed by atoms with Crippen LogP contribution in [0, 0.1) is 0 Å². The zero-order valence-corrected chi connectivity index (χ0v) is 19.1. The van der Waals surface area contributed by atoms with Crippen molar-refractivity contribution in [2.75, 3.05) is 27.2 Å². The van der Waals surface area contributed by atoms with Crippen LogP contribution in [0.15, 0.2) is 29.2 Å². The number of alkyl halides is 3. The number of rotatable bonds is 9. The zero-order chi connectivity index (χ0) is 24.8. The summed E-state index contributed by atoms with van der Waals surface area (Å²) >= 11 is 0. The summed E-state index contributed by atoms with van der Waals surface area (Å²) in [4.78, 5) is 20.1. The summed E-state index contributed by atoms with van der Waals surface area (Å²) in [6.45, 7) is 3.08. The van der Waals surface area contributed by atoms with Gasteiger partial charge in [-0.3, -0.25) is 4.79 Å². The molecule has 0 atom stereocenters. The Labute approximate surface area is 185 Å². The van der Waals surface area contributed by atoms with Gasteiger partial charge in [0, 0.05) is 0 Å². The SMILES string of the molecule is CCCCCc1ccc(S(=O)(=O)NC2(CC(=O)O)C[N+](C)(C)C2)cc1.O=C([O-])C(F)(F)F. The van der Waals surface area contributed by atoms with Crippen molar-refractivity contribution in [2.45, 2.75) is 55.6 Å². The Balaban J connectivity index is 0.000000633. The molecule has 0 unspecified atom stereocenters. The standard InChI is InChI=1S/C18H28N2O4S.C2HF3O2/c1-4-5-6-7-15-8-10-16(11-9-15)25(23,24)19-18(12-17(21)22)13-20(2,3)14-18;3-2(4,5)1(6)7/h8-11,19H,4-7,12-14H2,1-3H3;(H,6,7). The van der Waals surface area contributed by atoms with E-state index in [0.29, 0.717) is 17.6 Å². The van der Waals surface area contributed by atoms with Crippen LogP contribution in [0.25, 0.3) is 0 Å². The minimum atomic E-state index is -5.19. The predicted octanol–water partition coefficient (Wildman–Crippen LogP) is 1.30. The Morgan fingerprint density at radius 3 is 2.03 bits per heavy atom. The van der Waals surface area contributed by atoms with Gasteiger partial charge in [0.05, 0.1) is 25.4 Å². The Morgan fingerprint density at radius 1 is 1.16 bits per heavy atom. The molecule has 12 heteroatoms. The van der Waals surface area contributed by atoms with Crippen molar-refractivity contribution in [1.82, 2.24) is 4.72 Å². The first-order chi connectivity index (χ1) is 14.5. The Morgan fingerprint density at radius 2 is 1.66 bits per heavy atom. The number of unbranched alkanes of at least 4 members (excludes halogenated alkanes) is 2. The molecule has 0 aromatic heterocycles. The van der Waals surface area contributed by atoms with Gasteiger partial charge in [-0.05, 0) is 30.5 Å². The maximum atomic E-state index is 12.7. The van der Waals surface area contributed by atoms with Crippen molar-refractivity contribution in [1.29, 1.82) is 0 Å². The number of nitrogens with zero attached hydrogens (tertiary/aromatic N) is 1. The maximum absolute atomic E-state index is 12.7. The lowest BCUT2D eigenvalue weighted by atomic mass is 9.86. The van der Waals surface area contributed by atoms with Crippen LogP contribution in [0.3, 0.4) is 0 Å². The summed E-state index contributed by atoms with van der Waals surface area (Å²) in [6.07, 6.45) is -1.06. The van der Waals surface area contributed by atoms with Crippen LogP contribution in [0.2, 0.25) is 0 Å². The van der Waals surface area contributed by atoms with Crippen molar-refractivity contribution in [2.24, 2.45) is 0 Å². The van der Waals surface area contributed by atoms with E-state index in [1.165, 1.54) is 0 Å². The number of carboxylic acids is 2. The number of carbonyl (C=O) groups excluding carboxylic acids is 1. The van der Waals surface area contributed by atoms with E-state index in [-0.39, 0.29) is 11.3 Å². The molecule has 1 heterocycles. The summed E-state index contributed by atoms with van der Waals surface area (Å²) in [5.74, 6) is -4.00. The molecule has 0 bridgehead atoms. The van der Waals surface area contributed by atoms with Gasteiger partial charge in [0.1, 0.15) is 24.6 Å². The molecule has 1 aromatic carbocycles. The third-order valence-electron chi connectivity index (χ3n) is 4.84. The lowest BCUT2D eigenvalue weighted by molar-refractivity contribution is -0.940. The van der Waals surface area contributed by atoms with Gasteiger partial charge in [-0.2, -0.15) is 17.9 Å². The van der Waals surface area contributed by atoms with E-state index in [1.807, 2.05) is 26.2 Å². The number of sulfonamides is 1. The fraction of sp³-hybridized carbons (Fsp3) is 0.600. The van der Waals surface area contributed by atoms with Crippen LogP contribution in [-0.4, -0.2) is 68.8 Å².